The normalized spacial score (nSPS) is 22.1. The van der Waals surface area contributed by atoms with Gasteiger partial charge < -0.3 is 5.32 Å². The second-order valence-electron chi connectivity index (χ2n) is 5.47. The molecule has 15 heavy (non-hydrogen) atoms. The van der Waals surface area contributed by atoms with Gasteiger partial charge in [0.1, 0.15) is 0 Å². The van der Waals surface area contributed by atoms with Crippen LogP contribution in [0, 0.1) is 11.3 Å². The summed E-state index contributed by atoms with van der Waals surface area (Å²) in [7, 11) is 0. The van der Waals surface area contributed by atoms with Gasteiger partial charge in [-0.05, 0) is 30.6 Å². The molecule has 2 heteroatoms. The summed E-state index contributed by atoms with van der Waals surface area (Å²) < 4.78 is 0. The van der Waals surface area contributed by atoms with Gasteiger partial charge in [-0.15, -0.1) is 0 Å². The van der Waals surface area contributed by atoms with Crippen molar-refractivity contribution in [2.75, 3.05) is 0 Å². The van der Waals surface area contributed by atoms with E-state index in [1.807, 2.05) is 6.92 Å². The third-order valence-corrected chi connectivity index (χ3v) is 3.26. The lowest BCUT2D eigenvalue weighted by Crippen LogP contribution is -2.27. The second-order valence-corrected chi connectivity index (χ2v) is 5.47. The zero-order chi connectivity index (χ0) is 11.5. The van der Waals surface area contributed by atoms with Gasteiger partial charge in [-0.3, -0.25) is 4.79 Å². The highest BCUT2D eigenvalue weighted by atomic mass is 16.1. The predicted molar refractivity (Wildman–Crippen MR) is 63.3 cm³/mol. The van der Waals surface area contributed by atoms with E-state index in [0.29, 0.717) is 11.8 Å². The first-order valence-corrected chi connectivity index (χ1v) is 5.92. The zero-order valence-corrected chi connectivity index (χ0v) is 10.4. The molecule has 0 radical (unpaired) electrons. The Morgan fingerprint density at radius 3 is 2.60 bits per heavy atom. The van der Waals surface area contributed by atoms with Crippen molar-refractivity contribution >= 4 is 5.91 Å². The van der Waals surface area contributed by atoms with E-state index in [1.54, 1.807) is 0 Å². The van der Waals surface area contributed by atoms with Crippen molar-refractivity contribution in [3.05, 3.63) is 11.8 Å². The maximum atomic E-state index is 11.2. The molecule has 0 fully saturated rings. The Bertz CT molecular complexity index is 260. The van der Waals surface area contributed by atoms with Gasteiger partial charge in [-0.2, -0.15) is 0 Å². The summed E-state index contributed by atoms with van der Waals surface area (Å²) >= 11 is 0. The predicted octanol–water partition coefficient (Wildman–Crippen LogP) is 3.24. The van der Waals surface area contributed by atoms with Crippen LogP contribution in [-0.2, 0) is 4.79 Å². The van der Waals surface area contributed by atoms with Crippen LogP contribution in [0.1, 0.15) is 53.4 Å². The minimum absolute atomic E-state index is 0.135. The summed E-state index contributed by atoms with van der Waals surface area (Å²) in [6, 6.07) is 0. The summed E-state index contributed by atoms with van der Waals surface area (Å²) in [6.07, 6.45) is 6.09. The number of amides is 1. The molecule has 86 valence electrons. The molecule has 0 heterocycles. The largest absolute Gasteiger partial charge is 0.330 e. The highest BCUT2D eigenvalue weighted by Crippen LogP contribution is 2.36. The van der Waals surface area contributed by atoms with Gasteiger partial charge in [0, 0.05) is 12.1 Å². The Morgan fingerprint density at radius 2 is 2.20 bits per heavy atom. The quantitative estimate of drug-likeness (QED) is 0.743. The van der Waals surface area contributed by atoms with E-state index in [-0.39, 0.29) is 5.91 Å². The van der Waals surface area contributed by atoms with Gasteiger partial charge in [0.25, 0.3) is 0 Å². The number of rotatable bonds is 2. The van der Waals surface area contributed by atoms with Crippen LogP contribution in [0.3, 0.4) is 0 Å². The molecule has 0 aliphatic heterocycles. The SMILES string of the molecule is CCC(=O)NC1=CCC(C(C)(C)C)CC1. The van der Waals surface area contributed by atoms with Gasteiger partial charge in [0.05, 0.1) is 0 Å². The highest BCUT2D eigenvalue weighted by Gasteiger charge is 2.26. The van der Waals surface area contributed by atoms with Crippen LogP contribution in [0.4, 0.5) is 0 Å². The van der Waals surface area contributed by atoms with Crippen molar-refractivity contribution in [2.24, 2.45) is 11.3 Å². The molecule has 2 nitrogen and oxygen atoms in total. The van der Waals surface area contributed by atoms with E-state index < -0.39 is 0 Å². The summed E-state index contributed by atoms with van der Waals surface area (Å²) in [5.41, 5.74) is 1.51. The van der Waals surface area contributed by atoms with Crippen molar-refractivity contribution in [1.82, 2.24) is 5.32 Å². The van der Waals surface area contributed by atoms with Gasteiger partial charge in [0.15, 0.2) is 0 Å². The maximum Gasteiger partial charge on any atom is 0.223 e. The van der Waals surface area contributed by atoms with Crippen molar-refractivity contribution in [3.8, 4) is 0 Å². The van der Waals surface area contributed by atoms with Crippen LogP contribution in [0.5, 0.6) is 0 Å². The minimum atomic E-state index is 0.135. The smallest absolute Gasteiger partial charge is 0.223 e. The third kappa shape index (κ3) is 3.69. The van der Waals surface area contributed by atoms with Gasteiger partial charge in [-0.1, -0.05) is 33.8 Å². The van der Waals surface area contributed by atoms with Crippen molar-refractivity contribution in [3.63, 3.8) is 0 Å². The highest BCUT2D eigenvalue weighted by molar-refractivity contribution is 5.77. The van der Waals surface area contributed by atoms with Crippen LogP contribution in [0.25, 0.3) is 0 Å². The first-order chi connectivity index (χ1) is 6.93. The Labute approximate surface area is 93.1 Å². The fourth-order valence-corrected chi connectivity index (χ4v) is 2.00. The molecule has 0 aromatic rings. The lowest BCUT2D eigenvalue weighted by Gasteiger charge is -2.33. The van der Waals surface area contributed by atoms with Crippen molar-refractivity contribution < 1.29 is 4.79 Å². The van der Waals surface area contributed by atoms with Crippen LogP contribution in [0.15, 0.2) is 11.8 Å². The van der Waals surface area contributed by atoms with E-state index in [0.717, 1.165) is 24.5 Å². The number of hydrogen-bond donors (Lipinski definition) is 1. The molecule has 1 rings (SSSR count). The number of carbonyl (C=O) groups excluding carboxylic acids is 1. The third-order valence-electron chi connectivity index (χ3n) is 3.26. The van der Waals surface area contributed by atoms with Gasteiger partial charge in [0.2, 0.25) is 5.91 Å². The van der Waals surface area contributed by atoms with Gasteiger partial charge >= 0.3 is 0 Å². The van der Waals surface area contributed by atoms with Crippen LogP contribution in [0.2, 0.25) is 0 Å². The first kappa shape index (κ1) is 12.3. The average Bonchev–Trinajstić information content (AvgIpc) is 2.17. The Kier molecular flexibility index (Phi) is 3.95. The molecule has 1 N–H and O–H groups in total. The summed E-state index contributed by atoms with van der Waals surface area (Å²) in [5.74, 6) is 0.884. The Hall–Kier alpha value is -0.790. The fraction of sp³-hybridized carbons (Fsp3) is 0.769. The fourth-order valence-electron chi connectivity index (χ4n) is 2.00. The monoisotopic (exact) mass is 209 g/mol. The summed E-state index contributed by atoms with van der Waals surface area (Å²) in [6.45, 7) is 8.76. The number of allylic oxidation sites excluding steroid dienone is 2. The van der Waals surface area contributed by atoms with Crippen LogP contribution >= 0.6 is 0 Å². The first-order valence-electron chi connectivity index (χ1n) is 5.92. The van der Waals surface area contributed by atoms with Crippen LogP contribution < -0.4 is 5.32 Å². The number of nitrogens with one attached hydrogen (secondary N) is 1. The van der Waals surface area contributed by atoms with Gasteiger partial charge in [-0.25, -0.2) is 0 Å². The molecule has 0 saturated heterocycles. The van der Waals surface area contributed by atoms with E-state index in [2.05, 4.69) is 32.2 Å². The molecule has 0 spiro atoms. The molecule has 0 bridgehead atoms. The molecular weight excluding hydrogens is 186 g/mol. The molecule has 0 saturated carbocycles. The second kappa shape index (κ2) is 4.82. The topological polar surface area (TPSA) is 29.1 Å². The summed E-state index contributed by atoms with van der Waals surface area (Å²) in [4.78, 5) is 11.2. The molecule has 0 aromatic carbocycles. The number of hydrogen-bond acceptors (Lipinski definition) is 1. The Balaban J connectivity index is 2.49. The zero-order valence-electron chi connectivity index (χ0n) is 10.4. The summed E-state index contributed by atoms with van der Waals surface area (Å²) in [5, 5.41) is 2.96. The number of carbonyl (C=O) groups is 1. The molecule has 1 unspecified atom stereocenters. The standard InChI is InChI=1S/C13H23NO/c1-5-12(15)14-11-8-6-10(7-9-11)13(2,3)4/h8,10H,5-7,9H2,1-4H3,(H,14,15). The molecule has 1 amide bonds. The molecule has 1 atom stereocenters. The average molecular weight is 209 g/mol. The minimum Gasteiger partial charge on any atom is -0.330 e. The van der Waals surface area contributed by atoms with Crippen molar-refractivity contribution in [2.45, 2.75) is 53.4 Å². The van der Waals surface area contributed by atoms with E-state index in [4.69, 9.17) is 0 Å². The maximum absolute atomic E-state index is 11.2. The molecule has 0 aromatic heterocycles. The Morgan fingerprint density at radius 1 is 1.53 bits per heavy atom. The van der Waals surface area contributed by atoms with Crippen LogP contribution in [-0.4, -0.2) is 5.91 Å². The van der Waals surface area contributed by atoms with E-state index >= 15 is 0 Å². The molecule has 1 aliphatic rings. The molecule has 1 aliphatic carbocycles. The lowest BCUT2D eigenvalue weighted by molar-refractivity contribution is -0.120. The lowest BCUT2D eigenvalue weighted by atomic mass is 9.74. The van der Waals surface area contributed by atoms with E-state index in [1.165, 1.54) is 6.42 Å². The molecular formula is C13H23NO. The van der Waals surface area contributed by atoms with E-state index in [9.17, 15) is 4.79 Å². The van der Waals surface area contributed by atoms with Crippen molar-refractivity contribution in [1.29, 1.82) is 0 Å².